The second kappa shape index (κ2) is 40.4. The van der Waals surface area contributed by atoms with Gasteiger partial charge in [-0.1, -0.05) is 221 Å². The lowest BCUT2D eigenvalue weighted by molar-refractivity contribution is 0.0458. The van der Waals surface area contributed by atoms with Crippen molar-refractivity contribution in [2.75, 3.05) is 14.2 Å². The van der Waals surface area contributed by atoms with Crippen molar-refractivity contribution in [2.45, 2.75) is 249 Å². The van der Waals surface area contributed by atoms with Crippen LogP contribution in [0, 0.1) is 23.7 Å². The van der Waals surface area contributed by atoms with Crippen molar-refractivity contribution >= 4 is 0 Å². The first kappa shape index (κ1) is 59.4. The molecule has 2 aromatic rings. The predicted molar refractivity (Wildman–Crippen MR) is 267 cm³/mol. The Morgan fingerprint density at radius 1 is 0.576 bits per heavy atom. The molecule has 0 bridgehead atoms. The zero-order chi connectivity index (χ0) is 44.8. The molecule has 4 fully saturated rings. The first-order valence-corrected chi connectivity index (χ1v) is 25.4. The van der Waals surface area contributed by atoms with E-state index in [1.165, 1.54) is 151 Å². The largest absolute Gasteiger partial charge is 0.382 e. The van der Waals surface area contributed by atoms with Crippen molar-refractivity contribution in [3.05, 3.63) is 70.8 Å². The number of benzene rings is 2. The number of ether oxygens (including phenoxy) is 2. The third-order valence-corrected chi connectivity index (χ3v) is 11.6. The van der Waals surface area contributed by atoms with E-state index in [1.807, 2.05) is 48.7 Å². The van der Waals surface area contributed by atoms with Crippen LogP contribution in [0.2, 0.25) is 0 Å². The van der Waals surface area contributed by atoms with Gasteiger partial charge >= 0.3 is 0 Å². The topological polar surface area (TPSA) is 44.5 Å². The summed E-state index contributed by atoms with van der Waals surface area (Å²) in [7, 11) is 3.55. The highest BCUT2D eigenvalue weighted by atomic mass is 16.5. The van der Waals surface area contributed by atoms with Gasteiger partial charge in [-0.2, -0.15) is 0 Å². The maximum absolute atomic E-state index is 5.66. The zero-order valence-corrected chi connectivity index (χ0v) is 42.5. The van der Waals surface area contributed by atoms with E-state index in [0.717, 1.165) is 29.6 Å². The summed E-state index contributed by atoms with van der Waals surface area (Å²) in [5, 5.41) is 0. The van der Waals surface area contributed by atoms with Crippen molar-refractivity contribution in [1.29, 1.82) is 0 Å². The maximum Gasteiger partial charge on any atom is 0.0628 e. The Labute approximate surface area is 371 Å². The van der Waals surface area contributed by atoms with Gasteiger partial charge < -0.3 is 15.2 Å². The first-order chi connectivity index (χ1) is 28.5. The van der Waals surface area contributed by atoms with Crippen molar-refractivity contribution in [1.82, 2.24) is 0 Å². The molecule has 0 spiro atoms. The van der Waals surface area contributed by atoms with E-state index >= 15 is 0 Å². The standard InChI is InChI=1S/C18H28O.C11H15N.C9H18.C6H12.C4H10O.C4H10.2C2H6/c1-5-6-7-14-8-10-15(11-9-14)16-12-17(16)18(19-4)13(2)3;12-8-9-4-6-11(7-5-9)10-2-1-3-10;1-2-6-9-7-4-3-5-8-9;1-2-4-6-5-3-1;1-4(2)5-3;1-4(2)3;2*1-2/h8-11,13,16-18H,5-7,12H2,1-4H3;4-7,10H,1-3,8,12H2;9H,2-8H2,1H3;1-6H2;4H,1-3H3;4H,1-3H3;2*1-2H3. The number of aryl methyl sites for hydroxylation is 1. The van der Waals surface area contributed by atoms with Crippen LogP contribution < -0.4 is 5.73 Å². The summed E-state index contributed by atoms with van der Waals surface area (Å²) in [6.07, 6.45) is 29.5. The molecule has 0 aromatic heterocycles. The number of hydrogen-bond donors (Lipinski definition) is 1. The third kappa shape index (κ3) is 30.9. The van der Waals surface area contributed by atoms with Gasteiger partial charge in [0.25, 0.3) is 0 Å². The van der Waals surface area contributed by atoms with E-state index in [1.54, 1.807) is 7.11 Å². The second-order valence-corrected chi connectivity index (χ2v) is 18.3. The number of nitrogens with two attached hydrogens (primary N) is 1. The third-order valence-electron chi connectivity index (χ3n) is 11.6. The Hall–Kier alpha value is -1.68. The molecule has 0 saturated heterocycles. The molecule has 59 heavy (non-hydrogen) atoms. The van der Waals surface area contributed by atoms with Crippen LogP contribution in [0.4, 0.5) is 0 Å². The van der Waals surface area contributed by atoms with Crippen molar-refractivity contribution < 1.29 is 9.47 Å². The molecule has 3 unspecified atom stereocenters. The molecule has 6 rings (SSSR count). The second-order valence-electron chi connectivity index (χ2n) is 18.3. The van der Waals surface area contributed by atoms with Crippen LogP contribution in [-0.4, -0.2) is 26.4 Å². The van der Waals surface area contributed by atoms with E-state index < -0.39 is 0 Å². The van der Waals surface area contributed by atoms with Crippen LogP contribution in [0.1, 0.15) is 246 Å². The fourth-order valence-electron chi connectivity index (χ4n) is 7.83. The van der Waals surface area contributed by atoms with Gasteiger partial charge in [0.15, 0.2) is 0 Å². The summed E-state index contributed by atoms with van der Waals surface area (Å²) >= 11 is 0. The van der Waals surface area contributed by atoms with Crippen molar-refractivity contribution in [3.63, 3.8) is 0 Å². The maximum atomic E-state index is 5.66. The van der Waals surface area contributed by atoms with E-state index in [2.05, 4.69) is 97.0 Å². The molecule has 3 nitrogen and oxygen atoms in total. The van der Waals surface area contributed by atoms with Gasteiger partial charge in [-0.25, -0.2) is 0 Å². The average Bonchev–Trinajstić information content (AvgIpc) is 4.04. The SMILES string of the molecule is C1CCCCC1.CC.CC.CC(C)C.CCCC1CCCCC1.CCCCc1ccc(C2CC2C(OC)C(C)C)cc1.COC(C)C.NCc1ccc(C2CCC2)cc1. The molecule has 4 aliphatic carbocycles. The summed E-state index contributed by atoms with van der Waals surface area (Å²) in [5.41, 5.74) is 11.2. The van der Waals surface area contributed by atoms with Gasteiger partial charge in [0.2, 0.25) is 0 Å². The van der Waals surface area contributed by atoms with Crippen LogP contribution in [0.3, 0.4) is 0 Å². The minimum Gasteiger partial charge on any atom is -0.382 e. The average molecular weight is 824 g/mol. The molecule has 346 valence electrons. The fraction of sp³-hybridized carbons (Fsp3) is 0.786. The van der Waals surface area contributed by atoms with E-state index in [9.17, 15) is 0 Å². The molecule has 0 aliphatic heterocycles. The molecule has 0 radical (unpaired) electrons. The first-order valence-electron chi connectivity index (χ1n) is 25.4. The van der Waals surface area contributed by atoms with Gasteiger partial charge in [-0.3, -0.25) is 0 Å². The Morgan fingerprint density at radius 2 is 1.02 bits per heavy atom. The Balaban J connectivity index is 0. The molecule has 2 aromatic carbocycles. The molecule has 4 saturated carbocycles. The lowest BCUT2D eigenvalue weighted by Gasteiger charge is -2.25. The minimum atomic E-state index is 0.384. The summed E-state index contributed by atoms with van der Waals surface area (Å²) in [5.74, 6) is 4.85. The number of methoxy groups -OCH3 is 2. The fourth-order valence-corrected chi connectivity index (χ4v) is 7.83. The lowest BCUT2D eigenvalue weighted by Crippen LogP contribution is -2.21. The van der Waals surface area contributed by atoms with Gasteiger partial charge in [0.05, 0.1) is 12.2 Å². The highest BCUT2D eigenvalue weighted by Crippen LogP contribution is 2.51. The van der Waals surface area contributed by atoms with Crippen LogP contribution >= 0.6 is 0 Å². The minimum absolute atomic E-state index is 0.384. The van der Waals surface area contributed by atoms with Crippen LogP contribution in [-0.2, 0) is 22.4 Å². The van der Waals surface area contributed by atoms with Crippen molar-refractivity contribution in [3.8, 4) is 0 Å². The van der Waals surface area contributed by atoms with Crippen LogP contribution in [0.5, 0.6) is 0 Å². The Kier molecular flexibility index (Phi) is 40.7. The monoisotopic (exact) mass is 824 g/mol. The highest BCUT2D eigenvalue weighted by Gasteiger charge is 2.45. The molecular formula is C56H105NO2. The van der Waals surface area contributed by atoms with Gasteiger partial charge in [-0.15, -0.1) is 0 Å². The molecule has 2 N–H and O–H groups in total. The van der Waals surface area contributed by atoms with E-state index in [-0.39, 0.29) is 0 Å². The molecule has 3 heteroatoms. The van der Waals surface area contributed by atoms with Gasteiger partial charge in [-0.05, 0) is 104 Å². The predicted octanol–water partition coefficient (Wildman–Crippen LogP) is 17.7. The smallest absolute Gasteiger partial charge is 0.0628 e. The summed E-state index contributed by atoms with van der Waals surface area (Å²) in [4.78, 5) is 0. The van der Waals surface area contributed by atoms with Crippen LogP contribution in [0.15, 0.2) is 48.5 Å². The molecular weight excluding hydrogens is 719 g/mol. The number of hydrogen-bond acceptors (Lipinski definition) is 3. The summed E-state index contributed by atoms with van der Waals surface area (Å²) < 4.78 is 10.4. The quantitative estimate of drug-likeness (QED) is 0.232. The normalized spacial score (nSPS) is 18.6. The number of rotatable bonds is 12. The lowest BCUT2D eigenvalue weighted by atomic mass is 9.80. The molecule has 3 atom stereocenters. The van der Waals surface area contributed by atoms with Crippen LogP contribution in [0.25, 0.3) is 0 Å². The molecule has 0 amide bonds. The summed E-state index contributed by atoms with van der Waals surface area (Å²) in [6.45, 7) is 28.2. The van der Waals surface area contributed by atoms with E-state index in [0.29, 0.717) is 24.7 Å². The van der Waals surface area contributed by atoms with Gasteiger partial charge in [0.1, 0.15) is 0 Å². The van der Waals surface area contributed by atoms with E-state index in [4.69, 9.17) is 15.2 Å². The van der Waals surface area contributed by atoms with Crippen molar-refractivity contribution in [2.24, 2.45) is 29.4 Å². The summed E-state index contributed by atoms with van der Waals surface area (Å²) in [6, 6.07) is 18.1. The Morgan fingerprint density at radius 3 is 1.37 bits per heavy atom. The number of unbranched alkanes of at least 4 members (excludes halogenated alkanes) is 1. The molecule has 4 aliphatic rings. The zero-order valence-electron chi connectivity index (χ0n) is 42.5. The van der Waals surface area contributed by atoms with Gasteiger partial charge in [0, 0.05) is 20.8 Å². The highest BCUT2D eigenvalue weighted by molar-refractivity contribution is 5.30. The molecule has 0 heterocycles. The Bertz CT molecular complexity index is 1090.